The summed E-state index contributed by atoms with van der Waals surface area (Å²) in [7, 11) is 0. The lowest BCUT2D eigenvalue weighted by atomic mass is 10.1. The number of thiophene rings is 1. The van der Waals surface area contributed by atoms with Crippen molar-refractivity contribution in [1.29, 1.82) is 0 Å². The van der Waals surface area contributed by atoms with Crippen LogP contribution in [0.25, 0.3) is 10.4 Å². The maximum Gasteiger partial charge on any atom is 0.416 e. The molecule has 28 heavy (non-hydrogen) atoms. The number of nitrogens with two attached hydrogens (primary N) is 1. The maximum absolute atomic E-state index is 12.8. The monoisotopic (exact) mass is 404 g/mol. The first-order chi connectivity index (χ1) is 13.2. The average molecular weight is 404 g/mol. The van der Waals surface area contributed by atoms with Gasteiger partial charge in [0.05, 0.1) is 10.4 Å². The topological polar surface area (TPSA) is 72.2 Å². The highest BCUT2D eigenvalue weighted by molar-refractivity contribution is 7.17. The second-order valence-corrected chi connectivity index (χ2v) is 7.07. The summed E-state index contributed by atoms with van der Waals surface area (Å²) >= 11 is 1.24. The molecule has 0 fully saturated rings. The first kappa shape index (κ1) is 19.6. The molecule has 2 amide bonds. The van der Waals surface area contributed by atoms with Crippen LogP contribution in [0.1, 0.15) is 31.2 Å². The van der Waals surface area contributed by atoms with Crippen LogP contribution in [0.5, 0.6) is 0 Å². The zero-order valence-corrected chi connectivity index (χ0v) is 15.2. The predicted octanol–water partition coefficient (Wildman–Crippen LogP) is 4.46. The normalized spacial score (nSPS) is 11.2. The van der Waals surface area contributed by atoms with E-state index in [1.54, 1.807) is 36.4 Å². The molecule has 1 heterocycles. The van der Waals surface area contributed by atoms with E-state index in [9.17, 15) is 22.8 Å². The Morgan fingerprint density at radius 2 is 1.71 bits per heavy atom. The third-order valence-electron chi connectivity index (χ3n) is 3.99. The van der Waals surface area contributed by atoms with Crippen LogP contribution in [0.3, 0.4) is 0 Å². The minimum atomic E-state index is -4.42. The van der Waals surface area contributed by atoms with Crippen LogP contribution < -0.4 is 11.1 Å². The van der Waals surface area contributed by atoms with E-state index in [1.807, 2.05) is 0 Å². The van der Waals surface area contributed by atoms with Crippen molar-refractivity contribution in [3.05, 3.63) is 82.2 Å². The molecular weight excluding hydrogens is 389 g/mol. The van der Waals surface area contributed by atoms with Gasteiger partial charge in [-0.3, -0.25) is 9.59 Å². The second-order valence-electron chi connectivity index (χ2n) is 5.99. The molecule has 8 heteroatoms. The molecular formula is C20H15F3N2O2S. The Balaban J connectivity index is 1.67. The number of amides is 2. The summed E-state index contributed by atoms with van der Waals surface area (Å²) in [6.45, 7) is -0.0106. The molecule has 0 saturated heterocycles. The Bertz CT molecular complexity index is 1010. The molecule has 0 unspecified atom stereocenters. The number of halogens is 3. The van der Waals surface area contributed by atoms with E-state index in [2.05, 4.69) is 5.32 Å². The number of hydrogen-bond donors (Lipinski definition) is 2. The molecule has 4 nitrogen and oxygen atoms in total. The summed E-state index contributed by atoms with van der Waals surface area (Å²) < 4.78 is 38.3. The van der Waals surface area contributed by atoms with Crippen molar-refractivity contribution in [2.75, 3.05) is 0 Å². The van der Waals surface area contributed by atoms with Gasteiger partial charge >= 0.3 is 6.18 Å². The van der Waals surface area contributed by atoms with Crippen molar-refractivity contribution in [3.63, 3.8) is 0 Å². The number of carbonyl (C=O) groups is 2. The van der Waals surface area contributed by atoms with Gasteiger partial charge in [-0.25, -0.2) is 0 Å². The molecule has 3 N–H and O–H groups in total. The SMILES string of the molecule is NC(=O)c1ccc(-c2ccc(C(=O)NCc3cccc(C(F)(F)F)c3)s2)cc1. The molecule has 2 aromatic carbocycles. The standard InChI is InChI=1S/C20H15F3N2O2S/c21-20(22,23)15-3-1-2-12(10-15)11-25-19(27)17-9-8-16(28-17)13-4-6-14(7-5-13)18(24)26/h1-10H,11H2,(H2,24,26)(H,25,27). The molecule has 3 aromatic rings. The molecule has 3 rings (SSSR count). The van der Waals surface area contributed by atoms with Gasteiger partial charge in [0.2, 0.25) is 5.91 Å². The van der Waals surface area contributed by atoms with Gasteiger partial charge in [-0.15, -0.1) is 11.3 Å². The van der Waals surface area contributed by atoms with E-state index in [1.165, 1.54) is 23.5 Å². The summed E-state index contributed by atoms with van der Waals surface area (Å²) in [4.78, 5) is 24.7. The minimum Gasteiger partial charge on any atom is -0.366 e. The van der Waals surface area contributed by atoms with Gasteiger partial charge in [-0.1, -0.05) is 24.3 Å². The number of hydrogen-bond acceptors (Lipinski definition) is 3. The van der Waals surface area contributed by atoms with Crippen LogP contribution in [-0.4, -0.2) is 11.8 Å². The lowest BCUT2D eigenvalue weighted by Crippen LogP contribution is -2.22. The van der Waals surface area contributed by atoms with Gasteiger partial charge in [-0.2, -0.15) is 13.2 Å². The van der Waals surface area contributed by atoms with Crippen molar-refractivity contribution in [1.82, 2.24) is 5.32 Å². The Kier molecular flexibility index (Phi) is 5.51. The molecule has 0 atom stereocenters. The molecule has 144 valence electrons. The van der Waals surface area contributed by atoms with E-state index in [4.69, 9.17) is 5.73 Å². The third kappa shape index (κ3) is 4.58. The van der Waals surface area contributed by atoms with Gasteiger partial charge in [0.15, 0.2) is 0 Å². The summed E-state index contributed by atoms with van der Waals surface area (Å²) in [6, 6.07) is 14.9. The summed E-state index contributed by atoms with van der Waals surface area (Å²) in [5.41, 5.74) is 6.03. The van der Waals surface area contributed by atoms with Crippen molar-refractivity contribution in [2.45, 2.75) is 12.7 Å². The summed E-state index contributed by atoms with van der Waals surface area (Å²) in [5, 5.41) is 2.63. The maximum atomic E-state index is 12.8. The third-order valence-corrected chi connectivity index (χ3v) is 5.12. The quantitative estimate of drug-likeness (QED) is 0.659. The van der Waals surface area contributed by atoms with Gasteiger partial charge < -0.3 is 11.1 Å². The number of alkyl halides is 3. The first-order valence-electron chi connectivity index (χ1n) is 8.18. The lowest BCUT2D eigenvalue weighted by molar-refractivity contribution is -0.137. The van der Waals surface area contributed by atoms with Crippen LogP contribution in [-0.2, 0) is 12.7 Å². The lowest BCUT2D eigenvalue weighted by Gasteiger charge is -2.09. The molecule has 0 spiro atoms. The summed E-state index contributed by atoms with van der Waals surface area (Å²) in [5.74, 6) is -0.894. The fraction of sp³-hybridized carbons (Fsp3) is 0.100. The van der Waals surface area contributed by atoms with E-state index in [-0.39, 0.29) is 12.5 Å². The smallest absolute Gasteiger partial charge is 0.366 e. The van der Waals surface area contributed by atoms with Crippen LogP contribution >= 0.6 is 11.3 Å². The number of carbonyl (C=O) groups excluding carboxylic acids is 2. The molecule has 0 aliphatic carbocycles. The Labute approximate surface area is 162 Å². The van der Waals surface area contributed by atoms with Crippen LogP contribution in [0, 0.1) is 0 Å². The number of benzene rings is 2. The summed E-state index contributed by atoms with van der Waals surface area (Å²) in [6.07, 6.45) is -4.42. The molecule has 0 saturated carbocycles. The van der Waals surface area contributed by atoms with E-state index >= 15 is 0 Å². The van der Waals surface area contributed by atoms with Gasteiger partial charge in [0, 0.05) is 17.0 Å². The molecule has 0 bridgehead atoms. The fourth-order valence-corrected chi connectivity index (χ4v) is 3.47. The Morgan fingerprint density at radius 1 is 1.00 bits per heavy atom. The van der Waals surface area contributed by atoms with Crippen molar-refractivity contribution >= 4 is 23.2 Å². The molecule has 0 radical (unpaired) electrons. The number of rotatable bonds is 5. The van der Waals surface area contributed by atoms with Crippen molar-refractivity contribution in [2.24, 2.45) is 5.73 Å². The number of primary amides is 1. The van der Waals surface area contributed by atoms with Crippen LogP contribution in [0.15, 0.2) is 60.7 Å². The first-order valence-corrected chi connectivity index (χ1v) is 9.00. The van der Waals surface area contributed by atoms with Gasteiger partial charge in [0.25, 0.3) is 5.91 Å². The van der Waals surface area contributed by atoms with E-state index in [0.717, 1.165) is 22.6 Å². The molecule has 0 aliphatic rings. The molecule has 0 aliphatic heterocycles. The van der Waals surface area contributed by atoms with Crippen molar-refractivity contribution < 1.29 is 22.8 Å². The zero-order valence-electron chi connectivity index (χ0n) is 14.4. The average Bonchev–Trinajstić information content (AvgIpc) is 3.16. The predicted molar refractivity (Wildman–Crippen MR) is 101 cm³/mol. The van der Waals surface area contributed by atoms with Crippen LogP contribution in [0.2, 0.25) is 0 Å². The van der Waals surface area contributed by atoms with E-state index < -0.39 is 17.6 Å². The highest BCUT2D eigenvalue weighted by Crippen LogP contribution is 2.30. The molecule has 1 aromatic heterocycles. The second kappa shape index (κ2) is 7.85. The Morgan fingerprint density at radius 3 is 2.36 bits per heavy atom. The Hall–Kier alpha value is -3.13. The largest absolute Gasteiger partial charge is 0.416 e. The van der Waals surface area contributed by atoms with Crippen LogP contribution in [0.4, 0.5) is 13.2 Å². The highest BCUT2D eigenvalue weighted by atomic mass is 32.1. The number of nitrogens with one attached hydrogen (secondary N) is 1. The minimum absolute atomic E-state index is 0.0106. The van der Waals surface area contributed by atoms with Crippen molar-refractivity contribution in [3.8, 4) is 10.4 Å². The van der Waals surface area contributed by atoms with Gasteiger partial charge in [-0.05, 0) is 47.5 Å². The zero-order chi connectivity index (χ0) is 20.3. The highest BCUT2D eigenvalue weighted by Gasteiger charge is 2.30. The van der Waals surface area contributed by atoms with Gasteiger partial charge in [0.1, 0.15) is 0 Å². The van der Waals surface area contributed by atoms with E-state index in [0.29, 0.717) is 16.0 Å². The fourth-order valence-electron chi connectivity index (χ4n) is 2.54.